The van der Waals surface area contributed by atoms with E-state index in [2.05, 4.69) is 19.2 Å². The lowest BCUT2D eigenvalue weighted by atomic mass is 9.67. The highest BCUT2D eigenvalue weighted by Crippen LogP contribution is 2.53. The molecule has 2 aliphatic heterocycles. The highest BCUT2D eigenvalue weighted by atomic mass is 16.5. The minimum Gasteiger partial charge on any atom is -0.375 e. The van der Waals surface area contributed by atoms with Crippen molar-refractivity contribution >= 4 is 6.21 Å². The van der Waals surface area contributed by atoms with Crippen molar-refractivity contribution in [3.05, 3.63) is 11.8 Å². The van der Waals surface area contributed by atoms with E-state index in [-0.39, 0.29) is 5.60 Å². The lowest BCUT2D eigenvalue weighted by molar-refractivity contribution is -0.115. The maximum Gasteiger partial charge on any atom is 0.0691 e. The van der Waals surface area contributed by atoms with Gasteiger partial charge in [0.15, 0.2) is 0 Å². The van der Waals surface area contributed by atoms with Gasteiger partial charge in [-0.3, -0.25) is 4.99 Å². The molecule has 2 heterocycles. The van der Waals surface area contributed by atoms with Crippen LogP contribution < -0.4 is 0 Å². The van der Waals surface area contributed by atoms with Crippen LogP contribution in [0.2, 0.25) is 0 Å². The molecule has 1 saturated carbocycles. The van der Waals surface area contributed by atoms with Crippen molar-refractivity contribution in [2.24, 2.45) is 10.4 Å². The summed E-state index contributed by atoms with van der Waals surface area (Å²) in [5.41, 5.74) is 1.89. The number of aliphatic imine (C=N–C) groups is 1. The van der Waals surface area contributed by atoms with E-state index in [0.29, 0.717) is 5.41 Å². The number of hydrogen-bond donors (Lipinski definition) is 0. The lowest BCUT2D eigenvalue weighted by Gasteiger charge is -2.47. The van der Waals surface area contributed by atoms with Gasteiger partial charge in [0.05, 0.1) is 5.60 Å². The smallest absolute Gasteiger partial charge is 0.0691 e. The van der Waals surface area contributed by atoms with Gasteiger partial charge in [-0.15, -0.1) is 0 Å². The van der Waals surface area contributed by atoms with E-state index in [9.17, 15) is 0 Å². The van der Waals surface area contributed by atoms with Crippen LogP contribution in [0.4, 0.5) is 0 Å². The number of hydrogen-bond acceptors (Lipinski definition) is 2. The van der Waals surface area contributed by atoms with Crippen molar-refractivity contribution in [1.29, 1.82) is 0 Å². The van der Waals surface area contributed by atoms with Crippen LogP contribution in [-0.4, -0.2) is 18.4 Å². The molecule has 0 bridgehead atoms. The molecule has 1 saturated heterocycles. The van der Waals surface area contributed by atoms with Gasteiger partial charge in [-0.05, 0) is 44.9 Å². The first-order chi connectivity index (χ1) is 10.3. The molecule has 0 aromatic carbocycles. The number of ether oxygens (including phenoxy) is 1. The van der Waals surface area contributed by atoms with Gasteiger partial charge < -0.3 is 4.74 Å². The third kappa shape index (κ3) is 3.59. The van der Waals surface area contributed by atoms with Crippen LogP contribution >= 0.6 is 0 Å². The van der Waals surface area contributed by atoms with Gasteiger partial charge in [0.2, 0.25) is 0 Å². The molecular formula is C19H33NO. The average Bonchev–Trinajstić information content (AvgIpc) is 2.98. The van der Waals surface area contributed by atoms with E-state index >= 15 is 0 Å². The van der Waals surface area contributed by atoms with Gasteiger partial charge in [-0.1, -0.05) is 46.1 Å². The molecule has 0 N–H and O–H groups in total. The van der Waals surface area contributed by atoms with E-state index in [1.807, 2.05) is 13.8 Å². The molecule has 3 rings (SSSR count). The zero-order valence-electron chi connectivity index (χ0n) is 14.3. The second kappa shape index (κ2) is 7.58. The highest BCUT2D eigenvalue weighted by molar-refractivity contribution is 5.61. The lowest BCUT2D eigenvalue weighted by Crippen LogP contribution is -2.44. The predicted octanol–water partition coefficient (Wildman–Crippen LogP) is 5.67. The number of rotatable bonds is 3. The van der Waals surface area contributed by atoms with Gasteiger partial charge in [0, 0.05) is 23.9 Å². The third-order valence-electron chi connectivity index (χ3n) is 5.30. The van der Waals surface area contributed by atoms with Crippen LogP contribution in [0.1, 0.15) is 85.0 Å². The molecule has 3 aliphatic rings. The van der Waals surface area contributed by atoms with Gasteiger partial charge in [0.1, 0.15) is 0 Å². The fourth-order valence-corrected chi connectivity index (χ4v) is 4.46. The summed E-state index contributed by atoms with van der Waals surface area (Å²) in [5.74, 6) is 0. The van der Waals surface area contributed by atoms with E-state index in [1.54, 1.807) is 0 Å². The molecule has 2 heteroatoms. The van der Waals surface area contributed by atoms with Gasteiger partial charge in [-0.25, -0.2) is 0 Å². The van der Waals surface area contributed by atoms with E-state index in [4.69, 9.17) is 9.73 Å². The number of nitrogens with zero attached hydrogens (tertiary/aromatic N) is 1. The Balaban J connectivity index is 0.000000774. The highest BCUT2D eigenvalue weighted by Gasteiger charge is 2.48. The van der Waals surface area contributed by atoms with Crippen LogP contribution in [0.5, 0.6) is 0 Å². The average molecular weight is 291 g/mol. The van der Waals surface area contributed by atoms with Crippen LogP contribution in [0.3, 0.4) is 0 Å². The summed E-state index contributed by atoms with van der Waals surface area (Å²) < 4.78 is 6.24. The summed E-state index contributed by atoms with van der Waals surface area (Å²) >= 11 is 0. The quantitative estimate of drug-likeness (QED) is 0.656. The molecule has 0 amide bonds. The summed E-state index contributed by atoms with van der Waals surface area (Å²) in [4.78, 5) is 4.78. The molecule has 0 aromatic heterocycles. The maximum atomic E-state index is 6.24. The standard InChI is InChI=1S/C17H27NO.C2H6/c1-2-8-16(15-7-3-6-12-18-15)11-13-19-17(14-16)9-4-5-10-17;1-2/h7,12H,2-6,8-11,13-14H2,1H3;1-2H3/t16-;/m1./s1. The van der Waals surface area contributed by atoms with Gasteiger partial charge in [-0.2, -0.15) is 0 Å². The molecule has 2 nitrogen and oxygen atoms in total. The minimum atomic E-state index is 0.196. The Bertz CT molecular complexity index is 375. The minimum absolute atomic E-state index is 0.196. The molecule has 21 heavy (non-hydrogen) atoms. The molecule has 1 spiro atoms. The number of allylic oxidation sites excluding steroid dienone is 2. The first kappa shape index (κ1) is 16.7. The van der Waals surface area contributed by atoms with Crippen LogP contribution in [0, 0.1) is 5.41 Å². The Hall–Kier alpha value is -0.630. The molecule has 2 fully saturated rings. The zero-order chi connectivity index (χ0) is 15.2. The fourth-order valence-electron chi connectivity index (χ4n) is 4.46. The maximum absolute atomic E-state index is 6.24. The summed E-state index contributed by atoms with van der Waals surface area (Å²) in [6.45, 7) is 7.25. The third-order valence-corrected chi connectivity index (χ3v) is 5.30. The Morgan fingerprint density at radius 1 is 1.14 bits per heavy atom. The monoisotopic (exact) mass is 291 g/mol. The van der Waals surface area contributed by atoms with Crippen LogP contribution in [0.25, 0.3) is 0 Å². The van der Waals surface area contributed by atoms with Crippen molar-refractivity contribution in [3.8, 4) is 0 Å². The Morgan fingerprint density at radius 2 is 1.90 bits per heavy atom. The van der Waals surface area contributed by atoms with E-state index < -0.39 is 0 Å². The van der Waals surface area contributed by atoms with Crippen LogP contribution in [0.15, 0.2) is 16.8 Å². The summed E-state index contributed by atoms with van der Waals surface area (Å²) in [5, 5.41) is 0. The summed E-state index contributed by atoms with van der Waals surface area (Å²) in [7, 11) is 0. The summed E-state index contributed by atoms with van der Waals surface area (Å²) in [6, 6.07) is 0. The first-order valence-corrected chi connectivity index (χ1v) is 9.16. The largest absolute Gasteiger partial charge is 0.375 e. The fraction of sp³-hybridized carbons (Fsp3) is 0.842. The topological polar surface area (TPSA) is 21.6 Å². The molecule has 1 atom stereocenters. The molecule has 0 unspecified atom stereocenters. The van der Waals surface area contributed by atoms with E-state index in [0.717, 1.165) is 13.0 Å². The van der Waals surface area contributed by atoms with Crippen molar-refractivity contribution in [2.75, 3.05) is 6.61 Å². The Kier molecular flexibility index (Phi) is 6.04. The zero-order valence-corrected chi connectivity index (χ0v) is 14.3. The van der Waals surface area contributed by atoms with Crippen molar-refractivity contribution < 1.29 is 4.74 Å². The summed E-state index contributed by atoms with van der Waals surface area (Å²) in [6.07, 6.45) is 17.0. The van der Waals surface area contributed by atoms with Crippen LogP contribution in [-0.2, 0) is 4.74 Å². The Labute approximate surface area is 131 Å². The van der Waals surface area contributed by atoms with Crippen molar-refractivity contribution in [3.63, 3.8) is 0 Å². The Morgan fingerprint density at radius 3 is 2.52 bits per heavy atom. The van der Waals surface area contributed by atoms with Gasteiger partial charge in [0.25, 0.3) is 0 Å². The predicted molar refractivity (Wildman–Crippen MR) is 90.9 cm³/mol. The first-order valence-electron chi connectivity index (χ1n) is 9.16. The van der Waals surface area contributed by atoms with Gasteiger partial charge >= 0.3 is 0 Å². The molecule has 1 aliphatic carbocycles. The second-order valence-electron chi connectivity index (χ2n) is 6.67. The molecular weight excluding hydrogens is 258 g/mol. The normalized spacial score (nSPS) is 30.7. The van der Waals surface area contributed by atoms with Crippen molar-refractivity contribution in [2.45, 2.75) is 90.6 Å². The SMILES string of the molecule is CC.CCC[C@@]1(C2=CCCC=N2)CCOC2(CCCC2)C1. The molecule has 0 radical (unpaired) electrons. The second-order valence-corrected chi connectivity index (χ2v) is 6.67. The molecule has 120 valence electrons. The van der Waals surface area contributed by atoms with E-state index in [1.165, 1.54) is 63.5 Å². The molecule has 0 aromatic rings. The van der Waals surface area contributed by atoms with Crippen molar-refractivity contribution in [1.82, 2.24) is 0 Å².